The van der Waals surface area contributed by atoms with Gasteiger partial charge < -0.3 is 9.72 Å². The van der Waals surface area contributed by atoms with Crippen LogP contribution in [0.5, 0.6) is 0 Å². The molecule has 1 aliphatic heterocycles. The van der Waals surface area contributed by atoms with Gasteiger partial charge in [-0.1, -0.05) is 32.3 Å². The molecule has 9 nitrogen and oxygen atoms in total. The van der Waals surface area contributed by atoms with Crippen LogP contribution < -0.4 is 5.56 Å². The summed E-state index contributed by atoms with van der Waals surface area (Å²) < 4.78 is 7.24. The lowest BCUT2D eigenvalue weighted by Crippen LogP contribution is -2.42. The van der Waals surface area contributed by atoms with E-state index in [1.807, 2.05) is 23.7 Å². The number of pyridine rings is 1. The summed E-state index contributed by atoms with van der Waals surface area (Å²) in [5.74, 6) is 0.475. The molecule has 1 aromatic carbocycles. The average Bonchev–Trinajstić information content (AvgIpc) is 3.39. The van der Waals surface area contributed by atoms with E-state index in [-0.39, 0.29) is 29.5 Å². The van der Waals surface area contributed by atoms with Crippen molar-refractivity contribution in [1.82, 2.24) is 30.1 Å². The number of H-pyrrole nitrogens is 1. The molecule has 1 saturated carbocycles. The fourth-order valence-electron chi connectivity index (χ4n) is 5.81. The number of aromatic amines is 1. The number of carbonyl (C=O) groups is 1. The standard InChI is InChI=1S/C27H36N6O3/c1-3-18-10-11-23-20(16-18)17-22(26(34)28-23)24(32-14-12-19(13-15-32)27(35)36-4-2)25-29-30-31-33(25)21-8-6-5-7-9-21/h10-11,16-17,19,21,24H,3-9,12-15H2,1-2H3,(H,28,34). The van der Waals surface area contributed by atoms with E-state index in [9.17, 15) is 9.59 Å². The van der Waals surface area contributed by atoms with E-state index in [0.29, 0.717) is 43.9 Å². The van der Waals surface area contributed by atoms with Crippen molar-refractivity contribution in [2.75, 3.05) is 19.7 Å². The molecule has 36 heavy (non-hydrogen) atoms. The largest absolute Gasteiger partial charge is 0.466 e. The highest BCUT2D eigenvalue weighted by atomic mass is 16.5. The van der Waals surface area contributed by atoms with Crippen LogP contribution in [0.3, 0.4) is 0 Å². The number of likely N-dealkylation sites (tertiary alicyclic amines) is 1. The molecule has 192 valence electrons. The number of nitrogens with zero attached hydrogens (tertiary/aromatic N) is 5. The summed E-state index contributed by atoms with van der Waals surface area (Å²) in [5.41, 5.74) is 2.58. The highest BCUT2D eigenvalue weighted by Crippen LogP contribution is 2.35. The molecule has 1 atom stereocenters. The molecule has 0 spiro atoms. The summed E-state index contributed by atoms with van der Waals surface area (Å²) in [5, 5.41) is 14.0. The van der Waals surface area contributed by atoms with Crippen molar-refractivity contribution in [3.8, 4) is 0 Å². The second-order valence-electron chi connectivity index (χ2n) is 10.1. The first-order valence-electron chi connectivity index (χ1n) is 13.4. The van der Waals surface area contributed by atoms with Crippen LogP contribution in [0, 0.1) is 5.92 Å². The quantitative estimate of drug-likeness (QED) is 0.498. The zero-order valence-electron chi connectivity index (χ0n) is 21.3. The van der Waals surface area contributed by atoms with Crippen molar-refractivity contribution >= 4 is 16.9 Å². The van der Waals surface area contributed by atoms with E-state index in [2.05, 4.69) is 44.5 Å². The monoisotopic (exact) mass is 492 g/mol. The molecule has 0 radical (unpaired) electrons. The van der Waals surface area contributed by atoms with E-state index in [1.54, 1.807) is 0 Å². The normalized spacial score (nSPS) is 18.9. The fraction of sp³-hybridized carbons (Fsp3) is 0.593. The van der Waals surface area contributed by atoms with E-state index in [4.69, 9.17) is 4.74 Å². The van der Waals surface area contributed by atoms with Crippen LogP contribution in [0.4, 0.5) is 0 Å². The number of nitrogens with one attached hydrogen (secondary N) is 1. The first-order valence-corrected chi connectivity index (χ1v) is 13.4. The van der Waals surface area contributed by atoms with E-state index in [0.717, 1.165) is 43.0 Å². The van der Waals surface area contributed by atoms with Crippen molar-refractivity contribution in [1.29, 1.82) is 0 Å². The van der Waals surface area contributed by atoms with Gasteiger partial charge in [-0.15, -0.1) is 5.10 Å². The summed E-state index contributed by atoms with van der Waals surface area (Å²) in [6.45, 7) is 5.69. The minimum atomic E-state index is -0.386. The Labute approximate surface area is 211 Å². The first-order chi connectivity index (χ1) is 17.6. The van der Waals surface area contributed by atoms with Crippen LogP contribution in [0.2, 0.25) is 0 Å². The Kier molecular flexibility index (Phi) is 7.46. The van der Waals surface area contributed by atoms with Gasteiger partial charge in [0.15, 0.2) is 5.82 Å². The zero-order valence-corrected chi connectivity index (χ0v) is 21.3. The van der Waals surface area contributed by atoms with Gasteiger partial charge in [0.25, 0.3) is 5.56 Å². The Morgan fingerprint density at radius 2 is 1.89 bits per heavy atom. The summed E-state index contributed by atoms with van der Waals surface area (Å²) in [6, 6.07) is 8.04. The number of carbonyl (C=O) groups excluding carboxylic acids is 1. The predicted molar refractivity (Wildman–Crippen MR) is 137 cm³/mol. The van der Waals surface area contributed by atoms with Crippen molar-refractivity contribution in [3.05, 3.63) is 51.6 Å². The van der Waals surface area contributed by atoms with Gasteiger partial charge in [0.1, 0.15) is 6.04 Å². The number of aromatic nitrogens is 5. The number of hydrogen-bond acceptors (Lipinski definition) is 7. The van der Waals surface area contributed by atoms with Crippen LogP contribution in [-0.4, -0.2) is 55.8 Å². The Balaban J connectivity index is 1.55. The van der Waals surface area contributed by atoms with Crippen molar-refractivity contribution < 1.29 is 9.53 Å². The van der Waals surface area contributed by atoms with Crippen LogP contribution in [-0.2, 0) is 16.0 Å². The number of tetrazole rings is 1. The molecule has 3 aromatic rings. The number of ether oxygens (including phenoxy) is 1. The number of esters is 1. The molecule has 1 N–H and O–H groups in total. The maximum atomic E-state index is 13.5. The molecule has 0 bridgehead atoms. The number of piperidine rings is 1. The van der Waals surface area contributed by atoms with Crippen LogP contribution in [0.1, 0.15) is 87.8 Å². The molecular formula is C27H36N6O3. The number of benzene rings is 1. The third-order valence-corrected chi connectivity index (χ3v) is 7.84. The number of hydrogen-bond donors (Lipinski definition) is 1. The lowest BCUT2D eigenvalue weighted by atomic mass is 9.92. The van der Waals surface area contributed by atoms with Crippen molar-refractivity contribution in [2.24, 2.45) is 5.92 Å². The molecule has 9 heteroatoms. The van der Waals surface area contributed by atoms with Crippen molar-refractivity contribution in [3.63, 3.8) is 0 Å². The average molecular weight is 493 g/mol. The predicted octanol–water partition coefficient (Wildman–Crippen LogP) is 3.95. The van der Waals surface area contributed by atoms with Gasteiger partial charge in [-0.25, -0.2) is 4.68 Å². The fourth-order valence-corrected chi connectivity index (χ4v) is 5.81. The first kappa shape index (κ1) is 24.6. The number of rotatable bonds is 7. The highest BCUT2D eigenvalue weighted by Gasteiger charge is 2.36. The van der Waals surface area contributed by atoms with Crippen LogP contribution >= 0.6 is 0 Å². The van der Waals surface area contributed by atoms with Gasteiger partial charge in [0.2, 0.25) is 0 Å². The van der Waals surface area contributed by atoms with E-state index >= 15 is 0 Å². The lowest BCUT2D eigenvalue weighted by Gasteiger charge is -2.36. The molecule has 1 aliphatic carbocycles. The summed E-state index contributed by atoms with van der Waals surface area (Å²) >= 11 is 0. The molecular weight excluding hydrogens is 456 g/mol. The molecule has 2 aliphatic rings. The van der Waals surface area contributed by atoms with E-state index < -0.39 is 0 Å². The third kappa shape index (κ3) is 4.93. The van der Waals surface area contributed by atoms with Gasteiger partial charge in [-0.3, -0.25) is 14.5 Å². The number of aryl methyl sites for hydroxylation is 1. The molecule has 0 amide bonds. The third-order valence-electron chi connectivity index (χ3n) is 7.84. The molecule has 5 rings (SSSR count). The minimum absolute atomic E-state index is 0.113. The Morgan fingerprint density at radius 3 is 2.61 bits per heavy atom. The van der Waals surface area contributed by atoms with Gasteiger partial charge in [0.05, 0.1) is 18.6 Å². The second kappa shape index (κ2) is 10.9. The zero-order chi connectivity index (χ0) is 25.1. The maximum absolute atomic E-state index is 13.5. The highest BCUT2D eigenvalue weighted by molar-refractivity contribution is 5.80. The van der Waals surface area contributed by atoms with Crippen LogP contribution in [0.15, 0.2) is 29.1 Å². The molecule has 1 saturated heterocycles. The summed E-state index contributed by atoms with van der Waals surface area (Å²) in [6.07, 6.45) is 7.95. The second-order valence-corrected chi connectivity index (χ2v) is 10.1. The minimum Gasteiger partial charge on any atom is -0.466 e. The van der Waals surface area contributed by atoms with E-state index in [1.165, 1.54) is 12.0 Å². The van der Waals surface area contributed by atoms with Crippen LogP contribution in [0.25, 0.3) is 10.9 Å². The Hall–Kier alpha value is -3.07. The maximum Gasteiger partial charge on any atom is 0.309 e. The smallest absolute Gasteiger partial charge is 0.309 e. The van der Waals surface area contributed by atoms with Gasteiger partial charge >= 0.3 is 5.97 Å². The molecule has 3 heterocycles. The molecule has 1 unspecified atom stereocenters. The lowest BCUT2D eigenvalue weighted by molar-refractivity contribution is -0.149. The molecule has 2 aromatic heterocycles. The van der Waals surface area contributed by atoms with Gasteiger partial charge in [0, 0.05) is 24.2 Å². The Morgan fingerprint density at radius 1 is 1.11 bits per heavy atom. The molecule has 2 fully saturated rings. The number of fused-ring (bicyclic) bond motifs is 1. The van der Waals surface area contributed by atoms with Gasteiger partial charge in [-0.2, -0.15) is 0 Å². The van der Waals surface area contributed by atoms with Crippen molar-refractivity contribution in [2.45, 2.75) is 77.3 Å². The SMILES string of the molecule is CCOC(=O)C1CCN(C(c2cc3cc(CC)ccc3[nH]c2=O)c2nnnn2C2CCCCC2)CC1. The summed E-state index contributed by atoms with van der Waals surface area (Å²) in [4.78, 5) is 31.2. The topological polar surface area (TPSA) is 106 Å². The van der Waals surface area contributed by atoms with Gasteiger partial charge in [-0.05, 0) is 78.6 Å². The Bertz CT molecular complexity index is 1250. The summed E-state index contributed by atoms with van der Waals surface area (Å²) in [7, 11) is 0.